The van der Waals surface area contributed by atoms with Crippen molar-refractivity contribution < 1.29 is 19.1 Å². The van der Waals surface area contributed by atoms with E-state index in [4.69, 9.17) is 21.7 Å². The number of thiocarbonyl (C=S) groups is 1. The summed E-state index contributed by atoms with van der Waals surface area (Å²) in [6.45, 7) is 4.18. The van der Waals surface area contributed by atoms with Crippen molar-refractivity contribution in [1.82, 2.24) is 5.32 Å². The average molecular weight is 410 g/mol. The maximum atomic E-state index is 13.2. The van der Waals surface area contributed by atoms with E-state index in [-0.39, 0.29) is 10.7 Å². The zero-order valence-corrected chi connectivity index (χ0v) is 17.5. The minimum Gasteiger partial charge on any atom is -0.497 e. The van der Waals surface area contributed by atoms with E-state index < -0.39 is 11.8 Å². The first-order valence-electron chi connectivity index (χ1n) is 9.09. The van der Waals surface area contributed by atoms with Gasteiger partial charge >= 0.3 is 0 Å². The van der Waals surface area contributed by atoms with Gasteiger partial charge in [-0.3, -0.25) is 19.8 Å². The zero-order valence-electron chi connectivity index (χ0n) is 16.7. The number of benzene rings is 2. The quantitative estimate of drug-likeness (QED) is 0.463. The molecule has 7 heteroatoms. The van der Waals surface area contributed by atoms with Gasteiger partial charge in [-0.15, -0.1) is 0 Å². The number of rotatable bonds is 5. The van der Waals surface area contributed by atoms with Gasteiger partial charge in [-0.2, -0.15) is 0 Å². The fourth-order valence-corrected chi connectivity index (χ4v) is 3.29. The second-order valence-corrected chi connectivity index (χ2v) is 7.20. The van der Waals surface area contributed by atoms with Gasteiger partial charge in [-0.1, -0.05) is 26.0 Å². The fourth-order valence-electron chi connectivity index (χ4n) is 3.01. The molecular weight excluding hydrogens is 388 g/mol. The number of methoxy groups -OCH3 is 2. The van der Waals surface area contributed by atoms with Gasteiger partial charge in [0, 0.05) is 5.56 Å². The summed E-state index contributed by atoms with van der Waals surface area (Å²) in [4.78, 5) is 27.0. The first-order chi connectivity index (χ1) is 13.8. The number of hydrogen-bond donors (Lipinski definition) is 1. The van der Waals surface area contributed by atoms with Gasteiger partial charge in [0.15, 0.2) is 5.11 Å². The molecule has 0 aromatic heterocycles. The predicted molar refractivity (Wildman–Crippen MR) is 116 cm³/mol. The molecule has 0 unspecified atom stereocenters. The number of carbonyl (C=O) groups excluding carboxylic acids is 2. The molecule has 2 aromatic rings. The molecular formula is C22H22N2O4S. The first kappa shape index (κ1) is 20.5. The number of nitrogens with zero attached hydrogens (tertiary/aromatic N) is 1. The Balaban J connectivity index is 2.02. The summed E-state index contributed by atoms with van der Waals surface area (Å²) in [5.74, 6) is 0.405. The third-order valence-corrected chi connectivity index (χ3v) is 4.94. The zero-order chi connectivity index (χ0) is 21.1. The van der Waals surface area contributed by atoms with E-state index in [0.717, 1.165) is 5.56 Å². The van der Waals surface area contributed by atoms with Crippen molar-refractivity contribution in [1.29, 1.82) is 0 Å². The number of hydrogen-bond acceptors (Lipinski definition) is 5. The Labute approximate surface area is 175 Å². The van der Waals surface area contributed by atoms with Crippen LogP contribution in [0.15, 0.2) is 48.0 Å². The van der Waals surface area contributed by atoms with Crippen LogP contribution in [0.25, 0.3) is 6.08 Å². The molecule has 0 bridgehead atoms. The molecule has 1 aliphatic heterocycles. The van der Waals surface area contributed by atoms with Crippen molar-refractivity contribution >= 4 is 40.9 Å². The van der Waals surface area contributed by atoms with Crippen molar-refractivity contribution in [2.75, 3.05) is 19.1 Å². The van der Waals surface area contributed by atoms with Crippen LogP contribution in [0, 0.1) is 0 Å². The van der Waals surface area contributed by atoms with E-state index in [1.165, 1.54) is 25.2 Å². The number of ether oxygens (including phenoxy) is 2. The van der Waals surface area contributed by atoms with Crippen LogP contribution < -0.4 is 19.7 Å². The Hall–Kier alpha value is -3.19. The maximum absolute atomic E-state index is 13.2. The van der Waals surface area contributed by atoms with Crippen LogP contribution in [0.4, 0.5) is 5.69 Å². The van der Waals surface area contributed by atoms with Crippen molar-refractivity contribution in [3.05, 3.63) is 59.2 Å². The number of nitrogens with one attached hydrogen (secondary N) is 1. The lowest BCUT2D eigenvalue weighted by molar-refractivity contribution is -0.122. The summed E-state index contributed by atoms with van der Waals surface area (Å²) in [5, 5.41) is 2.64. The average Bonchev–Trinajstić information content (AvgIpc) is 2.71. The molecule has 1 N–H and O–H groups in total. The summed E-state index contributed by atoms with van der Waals surface area (Å²) >= 11 is 5.25. The largest absolute Gasteiger partial charge is 0.497 e. The van der Waals surface area contributed by atoms with Crippen LogP contribution in [0.3, 0.4) is 0 Å². The summed E-state index contributed by atoms with van der Waals surface area (Å²) in [7, 11) is 3.06. The number of amides is 2. The normalized spacial score (nSPS) is 15.7. The lowest BCUT2D eigenvalue weighted by atomic mass is 10.0. The lowest BCUT2D eigenvalue weighted by Crippen LogP contribution is -2.54. The molecule has 1 fully saturated rings. The molecule has 0 aliphatic carbocycles. The lowest BCUT2D eigenvalue weighted by Gasteiger charge is -2.29. The molecule has 29 heavy (non-hydrogen) atoms. The molecule has 2 aromatic carbocycles. The fraction of sp³-hybridized carbons (Fsp3) is 0.227. The Kier molecular flexibility index (Phi) is 5.98. The highest BCUT2D eigenvalue weighted by atomic mass is 32.1. The standard InChI is InChI=1S/C22H22N2O4S/c1-13(2)14-5-7-16(8-6-14)24-21(26)18(20(25)23-22(24)29)12-15-11-17(27-3)9-10-19(15)28-4/h5-13H,1-4H3,(H,23,25,29)/b18-12+. The second kappa shape index (κ2) is 8.45. The minimum absolute atomic E-state index is 0.0434. The number of carbonyl (C=O) groups is 2. The van der Waals surface area contributed by atoms with Gasteiger partial charge in [0.2, 0.25) is 0 Å². The first-order valence-corrected chi connectivity index (χ1v) is 9.50. The van der Waals surface area contributed by atoms with Gasteiger partial charge in [0.05, 0.1) is 19.9 Å². The van der Waals surface area contributed by atoms with E-state index in [1.54, 1.807) is 18.2 Å². The van der Waals surface area contributed by atoms with Crippen LogP contribution in [-0.2, 0) is 9.59 Å². The molecule has 0 saturated carbocycles. The molecule has 0 radical (unpaired) electrons. The van der Waals surface area contributed by atoms with E-state index >= 15 is 0 Å². The highest BCUT2D eigenvalue weighted by molar-refractivity contribution is 7.80. The highest BCUT2D eigenvalue weighted by Crippen LogP contribution is 2.29. The third-order valence-electron chi connectivity index (χ3n) is 4.66. The maximum Gasteiger partial charge on any atom is 0.270 e. The Morgan fingerprint density at radius 1 is 1.03 bits per heavy atom. The van der Waals surface area contributed by atoms with E-state index in [9.17, 15) is 9.59 Å². The van der Waals surface area contributed by atoms with Gasteiger partial charge in [0.1, 0.15) is 17.1 Å². The van der Waals surface area contributed by atoms with Crippen LogP contribution in [0.2, 0.25) is 0 Å². The smallest absolute Gasteiger partial charge is 0.270 e. The third kappa shape index (κ3) is 4.14. The molecule has 1 heterocycles. The molecule has 1 saturated heterocycles. The van der Waals surface area contributed by atoms with Gasteiger partial charge in [-0.25, -0.2) is 0 Å². The summed E-state index contributed by atoms with van der Waals surface area (Å²) in [6, 6.07) is 12.7. The molecule has 6 nitrogen and oxygen atoms in total. The Bertz CT molecular complexity index is 996. The molecule has 0 spiro atoms. The van der Waals surface area contributed by atoms with Crippen molar-refractivity contribution in [3.8, 4) is 11.5 Å². The minimum atomic E-state index is -0.556. The molecule has 2 amide bonds. The summed E-state index contributed by atoms with van der Waals surface area (Å²) in [6.07, 6.45) is 1.48. The predicted octanol–water partition coefficient (Wildman–Crippen LogP) is 3.66. The number of anilines is 1. The Morgan fingerprint density at radius 3 is 2.31 bits per heavy atom. The van der Waals surface area contributed by atoms with Crippen LogP contribution in [-0.4, -0.2) is 31.1 Å². The van der Waals surface area contributed by atoms with Gasteiger partial charge in [-0.05, 0) is 60.1 Å². The second-order valence-electron chi connectivity index (χ2n) is 6.81. The van der Waals surface area contributed by atoms with Crippen LogP contribution in [0.1, 0.15) is 30.9 Å². The van der Waals surface area contributed by atoms with Gasteiger partial charge in [0.25, 0.3) is 11.8 Å². The van der Waals surface area contributed by atoms with E-state index in [1.807, 2.05) is 24.3 Å². The molecule has 0 atom stereocenters. The van der Waals surface area contributed by atoms with Crippen LogP contribution >= 0.6 is 12.2 Å². The van der Waals surface area contributed by atoms with E-state index in [2.05, 4.69) is 19.2 Å². The Morgan fingerprint density at radius 2 is 1.72 bits per heavy atom. The van der Waals surface area contributed by atoms with Gasteiger partial charge < -0.3 is 9.47 Å². The molecule has 3 rings (SSSR count). The monoisotopic (exact) mass is 410 g/mol. The summed E-state index contributed by atoms with van der Waals surface area (Å²) < 4.78 is 10.6. The van der Waals surface area contributed by atoms with Crippen molar-refractivity contribution in [2.45, 2.75) is 19.8 Å². The highest BCUT2D eigenvalue weighted by Gasteiger charge is 2.34. The van der Waals surface area contributed by atoms with E-state index in [0.29, 0.717) is 28.7 Å². The van der Waals surface area contributed by atoms with Crippen LogP contribution in [0.5, 0.6) is 11.5 Å². The summed E-state index contributed by atoms with van der Waals surface area (Å²) in [5.41, 5.74) is 2.24. The topological polar surface area (TPSA) is 67.9 Å². The molecule has 1 aliphatic rings. The SMILES string of the molecule is COc1ccc(OC)c(/C=C2\C(=O)NC(=S)N(c3ccc(C(C)C)cc3)C2=O)c1. The molecule has 150 valence electrons. The van der Waals surface area contributed by atoms with Crippen molar-refractivity contribution in [3.63, 3.8) is 0 Å². The van der Waals surface area contributed by atoms with Crippen molar-refractivity contribution in [2.24, 2.45) is 0 Å².